The molecule has 0 amide bonds. The first-order valence-corrected chi connectivity index (χ1v) is 7.14. The van der Waals surface area contributed by atoms with Gasteiger partial charge in [-0.2, -0.15) is 0 Å². The molecule has 0 aromatic carbocycles. The van der Waals surface area contributed by atoms with Crippen LogP contribution < -0.4 is 5.32 Å². The smallest absolute Gasteiger partial charge is 0.0964 e. The predicted molar refractivity (Wildman–Crippen MR) is 76.8 cm³/mol. The maximum atomic E-state index is 4.19. The first-order chi connectivity index (χ1) is 9.13. The summed E-state index contributed by atoms with van der Waals surface area (Å²) in [5.74, 6) is 0. The Morgan fingerprint density at radius 2 is 2.21 bits per heavy atom. The summed E-state index contributed by atoms with van der Waals surface area (Å²) >= 11 is 0. The summed E-state index contributed by atoms with van der Waals surface area (Å²) in [5.41, 5.74) is 2.50. The van der Waals surface area contributed by atoms with Gasteiger partial charge in [0.1, 0.15) is 0 Å². The van der Waals surface area contributed by atoms with Crippen molar-refractivity contribution in [3.63, 3.8) is 0 Å². The summed E-state index contributed by atoms with van der Waals surface area (Å²) in [6, 6.07) is 0.480. The monoisotopic (exact) mass is 263 g/mol. The van der Waals surface area contributed by atoms with Gasteiger partial charge in [0, 0.05) is 38.4 Å². The van der Waals surface area contributed by atoms with Crippen LogP contribution in [-0.2, 0) is 13.1 Å². The number of hydrogen-bond acceptors (Lipinski definition) is 4. The number of nitrogens with zero attached hydrogens (tertiary/aromatic N) is 4. The van der Waals surface area contributed by atoms with E-state index >= 15 is 0 Å². The number of aromatic nitrogens is 3. The second-order valence-electron chi connectivity index (χ2n) is 5.62. The molecule has 1 aromatic rings. The normalized spacial score (nSPS) is 16.9. The van der Waals surface area contributed by atoms with Crippen molar-refractivity contribution in [2.75, 3.05) is 19.6 Å². The van der Waals surface area contributed by atoms with Gasteiger partial charge in [-0.25, -0.2) is 0 Å². The summed E-state index contributed by atoms with van der Waals surface area (Å²) in [6.45, 7) is 11.5. The highest BCUT2D eigenvalue weighted by molar-refractivity contribution is 5.04. The Labute approximate surface area is 115 Å². The summed E-state index contributed by atoms with van der Waals surface area (Å²) in [4.78, 5) is 2.48. The molecule has 106 valence electrons. The maximum absolute atomic E-state index is 4.19. The molecule has 0 fully saturated rings. The van der Waals surface area contributed by atoms with Gasteiger partial charge >= 0.3 is 0 Å². The first-order valence-electron chi connectivity index (χ1n) is 7.14. The Hall–Kier alpha value is -1.20. The summed E-state index contributed by atoms with van der Waals surface area (Å²) in [7, 11) is 0. The van der Waals surface area contributed by atoms with E-state index in [1.54, 1.807) is 0 Å². The van der Waals surface area contributed by atoms with Crippen molar-refractivity contribution in [1.29, 1.82) is 0 Å². The van der Waals surface area contributed by atoms with Crippen molar-refractivity contribution in [2.24, 2.45) is 0 Å². The Bertz CT molecular complexity index is 421. The van der Waals surface area contributed by atoms with E-state index < -0.39 is 0 Å². The fourth-order valence-electron chi connectivity index (χ4n) is 2.26. The van der Waals surface area contributed by atoms with Crippen molar-refractivity contribution in [2.45, 2.75) is 46.3 Å². The molecule has 19 heavy (non-hydrogen) atoms. The fourth-order valence-corrected chi connectivity index (χ4v) is 2.26. The van der Waals surface area contributed by atoms with Crippen molar-refractivity contribution >= 4 is 0 Å². The molecule has 0 saturated carbocycles. The lowest BCUT2D eigenvalue weighted by Crippen LogP contribution is -2.32. The van der Waals surface area contributed by atoms with Crippen LogP contribution in [0, 0.1) is 0 Å². The molecule has 0 spiro atoms. The summed E-state index contributed by atoms with van der Waals surface area (Å²) in [6.07, 6.45) is 5.55. The van der Waals surface area contributed by atoms with Gasteiger partial charge in [-0.15, -0.1) is 5.10 Å². The fraction of sp³-hybridized carbons (Fsp3) is 0.714. The molecule has 1 aliphatic rings. The van der Waals surface area contributed by atoms with Crippen molar-refractivity contribution in [3.05, 3.63) is 23.5 Å². The zero-order chi connectivity index (χ0) is 13.7. The molecule has 0 bridgehead atoms. The second kappa shape index (κ2) is 6.82. The first kappa shape index (κ1) is 14.2. The highest BCUT2D eigenvalue weighted by atomic mass is 15.4. The molecule has 1 aromatic heterocycles. The van der Waals surface area contributed by atoms with Crippen LogP contribution in [0.25, 0.3) is 0 Å². The lowest BCUT2D eigenvalue weighted by molar-refractivity contribution is 0.272. The molecule has 0 saturated heterocycles. The third-order valence-corrected chi connectivity index (χ3v) is 3.33. The van der Waals surface area contributed by atoms with Gasteiger partial charge in [0.15, 0.2) is 0 Å². The lowest BCUT2D eigenvalue weighted by atomic mass is 10.1. The van der Waals surface area contributed by atoms with Gasteiger partial charge in [0.2, 0.25) is 0 Å². The van der Waals surface area contributed by atoms with E-state index in [0.717, 1.165) is 38.4 Å². The van der Waals surface area contributed by atoms with Gasteiger partial charge in [-0.3, -0.25) is 9.58 Å². The molecule has 1 aliphatic heterocycles. The molecule has 0 aliphatic carbocycles. The Balaban J connectivity index is 1.75. The average molecular weight is 263 g/mol. The van der Waals surface area contributed by atoms with E-state index in [1.165, 1.54) is 12.0 Å². The van der Waals surface area contributed by atoms with Crippen LogP contribution in [0.1, 0.15) is 32.9 Å². The van der Waals surface area contributed by atoms with Crippen LogP contribution in [0.3, 0.4) is 0 Å². The van der Waals surface area contributed by atoms with E-state index in [9.17, 15) is 0 Å². The standard InChI is InChI=1S/C14H25N5/c1-12(2)15-9-14-11-19(17-16-14)8-7-18-6-4-5-13(3)10-18/h5,11-12,15H,4,6-10H2,1-3H3. The molecular weight excluding hydrogens is 238 g/mol. The topological polar surface area (TPSA) is 46.0 Å². The van der Waals surface area contributed by atoms with Crippen molar-refractivity contribution in [3.8, 4) is 0 Å². The zero-order valence-electron chi connectivity index (χ0n) is 12.3. The van der Waals surface area contributed by atoms with Crippen molar-refractivity contribution < 1.29 is 0 Å². The minimum Gasteiger partial charge on any atom is -0.309 e. The van der Waals surface area contributed by atoms with Crippen LogP contribution in [0.4, 0.5) is 0 Å². The third kappa shape index (κ3) is 4.76. The third-order valence-electron chi connectivity index (χ3n) is 3.33. The molecular formula is C14H25N5. The maximum Gasteiger partial charge on any atom is 0.0964 e. The van der Waals surface area contributed by atoms with E-state index in [1.807, 2.05) is 10.9 Å². The number of hydrogen-bond donors (Lipinski definition) is 1. The molecule has 2 rings (SSSR count). The van der Waals surface area contributed by atoms with Gasteiger partial charge in [-0.05, 0) is 13.3 Å². The van der Waals surface area contributed by atoms with Gasteiger partial charge < -0.3 is 5.32 Å². The molecule has 1 N–H and O–H groups in total. The quantitative estimate of drug-likeness (QED) is 0.789. The molecule has 0 radical (unpaired) electrons. The van der Waals surface area contributed by atoms with E-state index in [0.29, 0.717) is 6.04 Å². The van der Waals surface area contributed by atoms with Gasteiger partial charge in [0.25, 0.3) is 0 Å². The zero-order valence-corrected chi connectivity index (χ0v) is 12.3. The van der Waals surface area contributed by atoms with E-state index in [4.69, 9.17) is 0 Å². The average Bonchev–Trinajstić information content (AvgIpc) is 2.82. The summed E-state index contributed by atoms with van der Waals surface area (Å²) in [5, 5.41) is 11.7. The molecule has 0 atom stereocenters. The number of nitrogens with one attached hydrogen (secondary N) is 1. The van der Waals surface area contributed by atoms with Crippen LogP contribution in [0.2, 0.25) is 0 Å². The molecule has 5 nitrogen and oxygen atoms in total. The van der Waals surface area contributed by atoms with Gasteiger partial charge in [0.05, 0.1) is 12.2 Å². The van der Waals surface area contributed by atoms with Crippen LogP contribution in [0.5, 0.6) is 0 Å². The highest BCUT2D eigenvalue weighted by Crippen LogP contribution is 2.08. The van der Waals surface area contributed by atoms with Crippen LogP contribution in [-0.4, -0.2) is 45.6 Å². The minimum absolute atomic E-state index is 0.480. The van der Waals surface area contributed by atoms with E-state index in [2.05, 4.69) is 47.4 Å². The number of rotatable bonds is 6. The Morgan fingerprint density at radius 3 is 2.95 bits per heavy atom. The predicted octanol–water partition coefficient (Wildman–Crippen LogP) is 1.43. The molecule has 5 heteroatoms. The summed E-state index contributed by atoms with van der Waals surface area (Å²) < 4.78 is 1.95. The van der Waals surface area contributed by atoms with Crippen LogP contribution >= 0.6 is 0 Å². The van der Waals surface area contributed by atoms with Gasteiger partial charge in [-0.1, -0.05) is 30.7 Å². The largest absolute Gasteiger partial charge is 0.309 e. The SMILES string of the molecule is CC1=CCCN(CCn2cc(CNC(C)C)nn2)C1. The Kier molecular flexibility index (Phi) is 5.10. The van der Waals surface area contributed by atoms with Crippen LogP contribution in [0.15, 0.2) is 17.8 Å². The molecule has 0 unspecified atom stereocenters. The molecule has 2 heterocycles. The Morgan fingerprint density at radius 1 is 1.37 bits per heavy atom. The lowest BCUT2D eigenvalue weighted by Gasteiger charge is -2.25. The minimum atomic E-state index is 0.480. The van der Waals surface area contributed by atoms with Crippen molar-refractivity contribution in [1.82, 2.24) is 25.2 Å². The highest BCUT2D eigenvalue weighted by Gasteiger charge is 2.10. The van der Waals surface area contributed by atoms with E-state index in [-0.39, 0.29) is 0 Å². The second-order valence-corrected chi connectivity index (χ2v) is 5.62.